The van der Waals surface area contributed by atoms with Crippen molar-refractivity contribution in [3.05, 3.63) is 52.2 Å². The highest BCUT2D eigenvalue weighted by Gasteiger charge is 2.23. The quantitative estimate of drug-likeness (QED) is 0.666. The van der Waals surface area contributed by atoms with Crippen molar-refractivity contribution in [2.24, 2.45) is 0 Å². The number of aryl methyl sites for hydroxylation is 2. The highest BCUT2D eigenvalue weighted by atomic mass is 32.2. The molecule has 0 aliphatic heterocycles. The third kappa shape index (κ3) is 3.97. The molecule has 27 heavy (non-hydrogen) atoms. The Bertz CT molecular complexity index is 1050. The Hall–Kier alpha value is -2.03. The lowest BCUT2D eigenvalue weighted by Gasteiger charge is -2.17. The van der Waals surface area contributed by atoms with Gasteiger partial charge in [-0.3, -0.25) is 0 Å². The Kier molecular flexibility index (Phi) is 5.50. The van der Waals surface area contributed by atoms with Crippen LogP contribution < -0.4 is 4.72 Å². The van der Waals surface area contributed by atoms with Gasteiger partial charge in [0.1, 0.15) is 6.33 Å². The zero-order valence-electron chi connectivity index (χ0n) is 16.1. The van der Waals surface area contributed by atoms with Gasteiger partial charge in [-0.2, -0.15) is 11.3 Å². The first-order chi connectivity index (χ1) is 12.7. The van der Waals surface area contributed by atoms with Gasteiger partial charge < -0.3 is 4.57 Å². The van der Waals surface area contributed by atoms with E-state index >= 15 is 0 Å². The number of sulfonamides is 1. The van der Waals surface area contributed by atoms with E-state index in [0.717, 1.165) is 16.7 Å². The van der Waals surface area contributed by atoms with Crippen molar-refractivity contribution in [1.29, 1.82) is 0 Å². The molecule has 0 aliphatic rings. The first kappa shape index (κ1) is 19.7. The topological polar surface area (TPSA) is 76.9 Å². The average Bonchev–Trinajstić information content (AvgIpc) is 3.23. The van der Waals surface area contributed by atoms with Crippen molar-refractivity contribution in [1.82, 2.24) is 19.5 Å². The maximum Gasteiger partial charge on any atom is 0.241 e. The smallest absolute Gasteiger partial charge is 0.241 e. The van der Waals surface area contributed by atoms with Crippen molar-refractivity contribution in [3.63, 3.8) is 0 Å². The summed E-state index contributed by atoms with van der Waals surface area (Å²) in [6.07, 6.45) is 1.62. The number of hydrogen-bond acceptors (Lipinski definition) is 5. The van der Waals surface area contributed by atoms with Crippen LogP contribution in [0.1, 0.15) is 49.8 Å². The van der Waals surface area contributed by atoms with Crippen molar-refractivity contribution in [2.75, 3.05) is 0 Å². The molecule has 2 aromatic heterocycles. The van der Waals surface area contributed by atoms with E-state index in [0.29, 0.717) is 5.82 Å². The zero-order valence-corrected chi connectivity index (χ0v) is 17.7. The second kappa shape index (κ2) is 7.53. The molecule has 1 atom stereocenters. The summed E-state index contributed by atoms with van der Waals surface area (Å²) in [5.74, 6) is 0.593. The Morgan fingerprint density at radius 3 is 2.41 bits per heavy atom. The Morgan fingerprint density at radius 2 is 1.81 bits per heavy atom. The van der Waals surface area contributed by atoms with Crippen LogP contribution >= 0.6 is 11.3 Å². The van der Waals surface area contributed by atoms with E-state index in [9.17, 15) is 8.42 Å². The average molecular weight is 405 g/mol. The van der Waals surface area contributed by atoms with Crippen LogP contribution in [0.2, 0.25) is 0 Å². The van der Waals surface area contributed by atoms with Crippen LogP contribution in [-0.2, 0) is 10.0 Å². The number of rotatable bonds is 6. The number of aromatic nitrogens is 3. The second-order valence-electron chi connectivity index (χ2n) is 6.98. The zero-order chi connectivity index (χ0) is 19.8. The van der Waals surface area contributed by atoms with Crippen molar-refractivity contribution < 1.29 is 8.42 Å². The van der Waals surface area contributed by atoms with Crippen molar-refractivity contribution >= 4 is 21.4 Å². The lowest BCUT2D eigenvalue weighted by atomic mass is 10.0. The molecule has 0 saturated carbocycles. The molecule has 1 aromatic carbocycles. The summed E-state index contributed by atoms with van der Waals surface area (Å²) in [6.45, 7) is 9.77. The van der Waals surface area contributed by atoms with Gasteiger partial charge in [0.2, 0.25) is 10.0 Å². The number of nitrogens with zero attached hydrogens (tertiary/aromatic N) is 3. The van der Waals surface area contributed by atoms with E-state index in [2.05, 4.69) is 32.6 Å². The predicted octanol–water partition coefficient (Wildman–Crippen LogP) is 4.24. The lowest BCUT2D eigenvalue weighted by Crippen LogP contribution is -2.29. The van der Waals surface area contributed by atoms with Gasteiger partial charge >= 0.3 is 0 Å². The Balaban J connectivity index is 1.88. The summed E-state index contributed by atoms with van der Waals surface area (Å²) in [5.41, 5.74) is 4.32. The summed E-state index contributed by atoms with van der Waals surface area (Å²) in [4.78, 5) is 0.249. The number of thiophene rings is 1. The van der Waals surface area contributed by atoms with Gasteiger partial charge in [0.05, 0.1) is 10.9 Å². The van der Waals surface area contributed by atoms with E-state index in [1.807, 2.05) is 31.4 Å². The predicted molar refractivity (Wildman–Crippen MR) is 108 cm³/mol. The van der Waals surface area contributed by atoms with Gasteiger partial charge in [-0.25, -0.2) is 13.1 Å². The molecular formula is C19H24N4O2S2. The van der Waals surface area contributed by atoms with E-state index < -0.39 is 16.1 Å². The Labute approximate surface area is 164 Å². The van der Waals surface area contributed by atoms with Crippen LogP contribution in [-0.4, -0.2) is 23.2 Å². The van der Waals surface area contributed by atoms with E-state index in [-0.39, 0.29) is 10.9 Å². The summed E-state index contributed by atoms with van der Waals surface area (Å²) in [7, 11) is -3.67. The van der Waals surface area contributed by atoms with Crippen LogP contribution in [0.25, 0.3) is 11.1 Å². The number of hydrogen-bond donors (Lipinski definition) is 1. The highest BCUT2D eigenvalue weighted by molar-refractivity contribution is 7.89. The van der Waals surface area contributed by atoms with Crippen molar-refractivity contribution in [3.8, 4) is 11.1 Å². The van der Waals surface area contributed by atoms with E-state index in [4.69, 9.17) is 0 Å². The molecule has 8 heteroatoms. The molecule has 144 valence electrons. The normalized spacial score (nSPS) is 13.3. The summed E-state index contributed by atoms with van der Waals surface area (Å²) in [5, 5.41) is 12.2. The minimum absolute atomic E-state index is 0.150. The standard InChI is InChI=1S/C19H24N4O2S2/c1-12(2)23-11-20-21-19(23)15(5)22-27(24,25)16-6-7-17(13(3)8-16)18-10-26-9-14(18)4/h6-12,15,22H,1-5H3. The minimum Gasteiger partial charge on any atom is -0.314 e. The van der Waals surface area contributed by atoms with Crippen LogP contribution in [0, 0.1) is 13.8 Å². The SMILES string of the molecule is Cc1cc(S(=O)(=O)NC(C)c2nncn2C(C)C)ccc1-c1cscc1C. The highest BCUT2D eigenvalue weighted by Crippen LogP contribution is 2.31. The molecule has 1 N–H and O–H groups in total. The maximum atomic E-state index is 12.9. The third-order valence-electron chi connectivity index (χ3n) is 4.53. The maximum absolute atomic E-state index is 12.9. The summed E-state index contributed by atoms with van der Waals surface area (Å²) < 4.78 is 30.3. The summed E-state index contributed by atoms with van der Waals surface area (Å²) in [6, 6.07) is 4.91. The summed E-state index contributed by atoms with van der Waals surface area (Å²) >= 11 is 1.64. The van der Waals surface area contributed by atoms with Crippen LogP contribution in [0.4, 0.5) is 0 Å². The van der Waals surface area contributed by atoms with Crippen molar-refractivity contribution in [2.45, 2.75) is 51.6 Å². The van der Waals surface area contributed by atoms with Gasteiger partial charge in [0, 0.05) is 6.04 Å². The number of benzene rings is 1. The fourth-order valence-corrected chi connectivity index (χ4v) is 5.19. The van der Waals surface area contributed by atoms with Crippen LogP contribution in [0.15, 0.2) is 40.2 Å². The first-order valence-corrected chi connectivity index (χ1v) is 11.2. The molecule has 0 bridgehead atoms. The molecule has 3 aromatic rings. The molecule has 0 saturated heterocycles. The third-order valence-corrected chi connectivity index (χ3v) is 6.93. The lowest BCUT2D eigenvalue weighted by molar-refractivity contribution is 0.514. The Morgan fingerprint density at radius 1 is 1.07 bits per heavy atom. The van der Waals surface area contributed by atoms with Gasteiger partial charge in [0.25, 0.3) is 0 Å². The largest absolute Gasteiger partial charge is 0.314 e. The molecule has 0 radical (unpaired) electrons. The van der Waals surface area contributed by atoms with Gasteiger partial charge in [-0.15, -0.1) is 10.2 Å². The monoisotopic (exact) mass is 404 g/mol. The van der Waals surface area contributed by atoms with Crippen LogP contribution in [0.5, 0.6) is 0 Å². The fourth-order valence-electron chi connectivity index (χ4n) is 3.05. The molecule has 0 aliphatic carbocycles. The molecule has 0 amide bonds. The van der Waals surface area contributed by atoms with Crippen LogP contribution in [0.3, 0.4) is 0 Å². The molecule has 1 unspecified atom stereocenters. The van der Waals surface area contributed by atoms with Gasteiger partial charge in [-0.05, 0) is 79.8 Å². The fraction of sp³-hybridized carbons (Fsp3) is 0.368. The minimum atomic E-state index is -3.67. The number of nitrogens with one attached hydrogen (secondary N) is 1. The second-order valence-corrected chi connectivity index (χ2v) is 9.44. The van der Waals surface area contributed by atoms with E-state index in [1.54, 1.807) is 36.7 Å². The molecule has 3 rings (SSSR count). The molecule has 0 spiro atoms. The first-order valence-electron chi connectivity index (χ1n) is 8.76. The molecule has 6 nitrogen and oxygen atoms in total. The van der Waals surface area contributed by atoms with Gasteiger partial charge in [0.15, 0.2) is 5.82 Å². The molecule has 0 fully saturated rings. The van der Waals surface area contributed by atoms with Gasteiger partial charge in [-0.1, -0.05) is 6.07 Å². The molecule has 2 heterocycles. The van der Waals surface area contributed by atoms with E-state index in [1.165, 1.54) is 5.56 Å². The molecular weight excluding hydrogens is 380 g/mol.